The van der Waals surface area contributed by atoms with E-state index in [0.29, 0.717) is 24.3 Å². The highest BCUT2D eigenvalue weighted by Crippen LogP contribution is 2.45. The van der Waals surface area contributed by atoms with Gasteiger partial charge in [0.1, 0.15) is 0 Å². The molecule has 1 aromatic carbocycles. The Kier molecular flexibility index (Phi) is 2.96. The summed E-state index contributed by atoms with van der Waals surface area (Å²) in [6, 6.07) is 7.52. The van der Waals surface area contributed by atoms with Crippen molar-refractivity contribution in [2.75, 3.05) is 5.32 Å². The van der Waals surface area contributed by atoms with E-state index in [2.05, 4.69) is 22.4 Å². The number of anilines is 1. The topological polar surface area (TPSA) is 51.0 Å². The maximum atomic E-state index is 5.82. The summed E-state index contributed by atoms with van der Waals surface area (Å²) in [5.74, 6) is 2.66. The molecule has 1 heterocycles. The second-order valence-corrected chi connectivity index (χ2v) is 5.16. The molecule has 1 fully saturated rings. The number of nitrogens with zero attached hydrogens (tertiary/aromatic N) is 2. The van der Waals surface area contributed by atoms with Gasteiger partial charge in [-0.1, -0.05) is 23.7 Å². The molecular weight excluding hydrogens is 250 g/mol. The zero-order chi connectivity index (χ0) is 12.5. The van der Waals surface area contributed by atoms with Crippen LogP contribution in [-0.4, -0.2) is 10.1 Å². The van der Waals surface area contributed by atoms with Crippen LogP contribution in [0.3, 0.4) is 0 Å². The van der Waals surface area contributed by atoms with Gasteiger partial charge in [0.15, 0.2) is 5.82 Å². The molecule has 4 nitrogen and oxygen atoms in total. The number of benzene rings is 1. The van der Waals surface area contributed by atoms with Gasteiger partial charge in [0.2, 0.25) is 5.89 Å². The monoisotopic (exact) mass is 263 g/mol. The zero-order valence-corrected chi connectivity index (χ0v) is 10.8. The van der Waals surface area contributed by atoms with Crippen molar-refractivity contribution in [3.05, 3.63) is 41.0 Å². The Labute approximate surface area is 110 Å². The van der Waals surface area contributed by atoms with E-state index >= 15 is 0 Å². The van der Waals surface area contributed by atoms with E-state index < -0.39 is 0 Å². The van der Waals surface area contributed by atoms with E-state index in [-0.39, 0.29) is 0 Å². The maximum absolute atomic E-state index is 5.82. The van der Waals surface area contributed by atoms with Crippen molar-refractivity contribution < 1.29 is 4.52 Å². The van der Waals surface area contributed by atoms with Gasteiger partial charge in [-0.3, -0.25) is 0 Å². The normalized spacial score (nSPS) is 21.9. The summed E-state index contributed by atoms with van der Waals surface area (Å²) in [5.41, 5.74) is 0.985. The molecule has 2 unspecified atom stereocenters. The average Bonchev–Trinajstić information content (AvgIpc) is 2.92. The van der Waals surface area contributed by atoms with Crippen molar-refractivity contribution in [1.82, 2.24) is 10.1 Å². The third-order valence-corrected chi connectivity index (χ3v) is 3.46. The predicted octanol–water partition coefficient (Wildman–Crippen LogP) is 3.46. The summed E-state index contributed by atoms with van der Waals surface area (Å²) in [5, 5.41) is 7.95. The fourth-order valence-electron chi connectivity index (χ4n) is 1.92. The molecule has 2 atom stereocenters. The van der Waals surface area contributed by atoms with Crippen LogP contribution in [0.4, 0.5) is 5.69 Å². The highest BCUT2D eigenvalue weighted by atomic mass is 35.5. The first-order valence-corrected chi connectivity index (χ1v) is 6.42. The second kappa shape index (κ2) is 4.61. The number of aromatic nitrogens is 2. The second-order valence-electron chi connectivity index (χ2n) is 4.73. The minimum atomic E-state index is 0.498. The largest absolute Gasteiger partial charge is 0.376 e. The van der Waals surface area contributed by atoms with Crippen LogP contribution in [0.25, 0.3) is 0 Å². The van der Waals surface area contributed by atoms with Gasteiger partial charge in [-0.25, -0.2) is 0 Å². The van der Waals surface area contributed by atoms with Crippen LogP contribution in [0.15, 0.2) is 28.8 Å². The molecule has 1 saturated carbocycles. The molecule has 94 valence electrons. The number of hydrogen-bond donors (Lipinski definition) is 1. The lowest BCUT2D eigenvalue weighted by molar-refractivity contribution is 0.377. The zero-order valence-electron chi connectivity index (χ0n) is 10.1. The van der Waals surface area contributed by atoms with Crippen molar-refractivity contribution >= 4 is 17.3 Å². The van der Waals surface area contributed by atoms with Gasteiger partial charge < -0.3 is 9.84 Å². The third-order valence-electron chi connectivity index (χ3n) is 3.21. The molecule has 3 rings (SSSR count). The molecule has 0 bridgehead atoms. The molecule has 18 heavy (non-hydrogen) atoms. The van der Waals surface area contributed by atoms with E-state index in [1.165, 1.54) is 6.42 Å². The lowest BCUT2D eigenvalue weighted by Gasteiger charge is -2.02. The van der Waals surface area contributed by atoms with Gasteiger partial charge in [0.25, 0.3) is 0 Å². The van der Waals surface area contributed by atoms with Crippen LogP contribution in [0.2, 0.25) is 5.02 Å². The van der Waals surface area contributed by atoms with Crippen molar-refractivity contribution in [3.8, 4) is 0 Å². The number of nitrogens with one attached hydrogen (secondary N) is 1. The smallest absolute Gasteiger partial charge is 0.245 e. The first-order chi connectivity index (χ1) is 8.72. The molecule has 1 aliphatic rings. The highest BCUT2D eigenvalue weighted by molar-refractivity contribution is 6.30. The van der Waals surface area contributed by atoms with Crippen molar-refractivity contribution in [2.24, 2.45) is 5.92 Å². The summed E-state index contributed by atoms with van der Waals surface area (Å²) in [6.45, 7) is 2.74. The Morgan fingerprint density at radius 1 is 1.39 bits per heavy atom. The summed E-state index contributed by atoms with van der Waals surface area (Å²) < 4.78 is 5.21. The Morgan fingerprint density at radius 2 is 2.11 bits per heavy atom. The van der Waals surface area contributed by atoms with Crippen LogP contribution in [0.5, 0.6) is 0 Å². The first kappa shape index (κ1) is 11.5. The lowest BCUT2D eigenvalue weighted by Crippen LogP contribution is -1.99. The predicted molar refractivity (Wildman–Crippen MR) is 69.6 cm³/mol. The Balaban J connectivity index is 1.59. The number of halogens is 1. The number of hydrogen-bond acceptors (Lipinski definition) is 4. The molecule has 1 N–H and O–H groups in total. The van der Waals surface area contributed by atoms with Gasteiger partial charge >= 0.3 is 0 Å². The van der Waals surface area contributed by atoms with Gasteiger partial charge in [-0.15, -0.1) is 0 Å². The Morgan fingerprint density at radius 3 is 2.78 bits per heavy atom. The van der Waals surface area contributed by atoms with Crippen LogP contribution in [-0.2, 0) is 6.54 Å². The van der Waals surface area contributed by atoms with Gasteiger partial charge in [0.05, 0.1) is 6.54 Å². The van der Waals surface area contributed by atoms with Gasteiger partial charge in [-0.2, -0.15) is 4.98 Å². The molecular formula is C13H14ClN3O. The Hall–Kier alpha value is -1.55. The van der Waals surface area contributed by atoms with Crippen LogP contribution < -0.4 is 5.32 Å². The summed E-state index contributed by atoms with van der Waals surface area (Å²) >= 11 is 5.82. The van der Waals surface area contributed by atoms with E-state index in [0.717, 1.165) is 16.5 Å². The van der Waals surface area contributed by atoms with E-state index in [1.807, 2.05) is 24.3 Å². The van der Waals surface area contributed by atoms with E-state index in [1.54, 1.807) is 0 Å². The SMILES string of the molecule is CC1CC1c1noc(CNc2ccc(Cl)cc2)n1. The average molecular weight is 264 g/mol. The standard InChI is InChI=1S/C13H14ClN3O/c1-8-6-11(8)13-16-12(18-17-13)7-15-10-4-2-9(14)3-5-10/h2-5,8,11,15H,6-7H2,1H3. The van der Waals surface area contributed by atoms with Crippen LogP contribution in [0, 0.1) is 5.92 Å². The van der Waals surface area contributed by atoms with E-state index in [4.69, 9.17) is 16.1 Å². The molecule has 0 spiro atoms. The fraction of sp³-hybridized carbons (Fsp3) is 0.385. The Bertz CT molecular complexity index is 537. The molecule has 0 aliphatic heterocycles. The molecule has 0 amide bonds. The summed E-state index contributed by atoms with van der Waals surface area (Å²) in [4.78, 5) is 4.39. The quantitative estimate of drug-likeness (QED) is 0.918. The minimum absolute atomic E-state index is 0.498. The third kappa shape index (κ3) is 2.48. The first-order valence-electron chi connectivity index (χ1n) is 6.04. The van der Waals surface area contributed by atoms with Crippen molar-refractivity contribution in [2.45, 2.75) is 25.8 Å². The number of rotatable bonds is 4. The van der Waals surface area contributed by atoms with Gasteiger partial charge in [-0.05, 0) is 36.6 Å². The molecule has 1 aliphatic carbocycles. The van der Waals surface area contributed by atoms with Crippen molar-refractivity contribution in [1.29, 1.82) is 0 Å². The highest BCUT2D eigenvalue weighted by Gasteiger charge is 2.37. The minimum Gasteiger partial charge on any atom is -0.376 e. The molecule has 5 heteroatoms. The molecule has 2 aromatic rings. The molecule has 0 radical (unpaired) electrons. The van der Waals surface area contributed by atoms with Crippen molar-refractivity contribution in [3.63, 3.8) is 0 Å². The lowest BCUT2D eigenvalue weighted by atomic mass is 10.3. The molecule has 1 aromatic heterocycles. The summed E-state index contributed by atoms with van der Waals surface area (Å²) in [7, 11) is 0. The van der Waals surface area contributed by atoms with Crippen LogP contribution in [0.1, 0.15) is 31.0 Å². The molecule has 0 saturated heterocycles. The summed E-state index contributed by atoms with van der Waals surface area (Å²) in [6.07, 6.45) is 1.17. The van der Waals surface area contributed by atoms with Crippen LogP contribution >= 0.6 is 11.6 Å². The van der Waals surface area contributed by atoms with E-state index in [9.17, 15) is 0 Å². The fourth-order valence-corrected chi connectivity index (χ4v) is 2.04. The maximum Gasteiger partial charge on any atom is 0.245 e. The van der Waals surface area contributed by atoms with Gasteiger partial charge in [0, 0.05) is 16.6 Å².